The van der Waals surface area contributed by atoms with Crippen molar-refractivity contribution in [2.45, 2.75) is 0 Å². The predicted octanol–water partition coefficient (Wildman–Crippen LogP) is 1.91. The third-order valence-electron chi connectivity index (χ3n) is 3.22. The van der Waals surface area contributed by atoms with E-state index in [1.54, 1.807) is 36.4 Å². The van der Waals surface area contributed by atoms with E-state index in [0.717, 1.165) is 5.56 Å². The molecule has 1 aliphatic rings. The molecule has 3 rings (SSSR count). The molecule has 0 aliphatic carbocycles. The lowest BCUT2D eigenvalue weighted by Crippen LogP contribution is -2.22. The number of hydrogen-bond acceptors (Lipinski definition) is 5. The molecule has 1 fully saturated rings. The van der Waals surface area contributed by atoms with E-state index in [0.29, 0.717) is 17.1 Å². The number of imide groups is 1. The summed E-state index contributed by atoms with van der Waals surface area (Å²) < 4.78 is 10.3. The highest BCUT2D eigenvalue weighted by atomic mass is 16.5. The topological polar surface area (TPSA) is 97.6 Å². The Bertz CT molecular complexity index is 817. The Balaban J connectivity index is 1.82. The number of esters is 1. The highest BCUT2D eigenvalue weighted by Crippen LogP contribution is 2.24. The van der Waals surface area contributed by atoms with E-state index in [1.807, 2.05) is 0 Å². The van der Waals surface area contributed by atoms with Crippen LogP contribution in [0.3, 0.4) is 0 Å². The fourth-order valence-electron chi connectivity index (χ4n) is 2.10. The third kappa shape index (κ3) is 2.98. The standard InChI is InChI=1S/C16H12N2O5/c1-22-15(20)10-4-2-9(3-5-10)13-7-6-11(23-13)8-12-14(19)18-16(21)17-12/h2-8H,1H3,(H2,17,18,19,21)/b12-8+. The Kier molecular flexibility index (Phi) is 3.68. The number of carbonyl (C=O) groups excluding carboxylic acids is 3. The van der Waals surface area contributed by atoms with Gasteiger partial charge in [-0.05, 0) is 24.3 Å². The summed E-state index contributed by atoms with van der Waals surface area (Å²) in [7, 11) is 1.32. The molecule has 2 aromatic rings. The van der Waals surface area contributed by atoms with Gasteiger partial charge in [-0.15, -0.1) is 0 Å². The van der Waals surface area contributed by atoms with Gasteiger partial charge in [-0.1, -0.05) is 12.1 Å². The zero-order valence-electron chi connectivity index (χ0n) is 12.1. The number of rotatable bonds is 3. The molecule has 116 valence electrons. The van der Waals surface area contributed by atoms with Crippen LogP contribution in [0.15, 0.2) is 46.5 Å². The smallest absolute Gasteiger partial charge is 0.337 e. The minimum absolute atomic E-state index is 0.122. The molecule has 23 heavy (non-hydrogen) atoms. The normalized spacial score (nSPS) is 15.4. The molecule has 2 heterocycles. The Morgan fingerprint density at radius 2 is 1.83 bits per heavy atom. The zero-order valence-corrected chi connectivity index (χ0v) is 12.1. The minimum atomic E-state index is -0.563. The third-order valence-corrected chi connectivity index (χ3v) is 3.22. The lowest BCUT2D eigenvalue weighted by atomic mass is 10.1. The van der Waals surface area contributed by atoms with Crippen LogP contribution in [0.4, 0.5) is 4.79 Å². The lowest BCUT2D eigenvalue weighted by Gasteiger charge is -2.00. The first-order chi connectivity index (χ1) is 11.1. The first kappa shape index (κ1) is 14.6. The summed E-state index contributed by atoms with van der Waals surface area (Å²) in [6, 6.07) is 9.56. The van der Waals surface area contributed by atoms with Crippen LogP contribution in [-0.4, -0.2) is 25.0 Å². The van der Waals surface area contributed by atoms with Crippen LogP contribution in [0.2, 0.25) is 0 Å². The van der Waals surface area contributed by atoms with E-state index in [4.69, 9.17) is 4.42 Å². The highest BCUT2D eigenvalue weighted by Gasteiger charge is 2.23. The molecule has 1 aliphatic heterocycles. The van der Waals surface area contributed by atoms with Gasteiger partial charge in [0.2, 0.25) is 0 Å². The molecule has 0 spiro atoms. The van der Waals surface area contributed by atoms with Crippen molar-refractivity contribution in [2.75, 3.05) is 7.11 Å². The lowest BCUT2D eigenvalue weighted by molar-refractivity contribution is -0.115. The first-order valence-corrected chi connectivity index (χ1v) is 6.69. The molecule has 0 atom stereocenters. The van der Waals surface area contributed by atoms with E-state index >= 15 is 0 Å². The van der Waals surface area contributed by atoms with Gasteiger partial charge in [0.25, 0.3) is 5.91 Å². The van der Waals surface area contributed by atoms with Crippen molar-refractivity contribution in [3.05, 3.63) is 53.4 Å². The van der Waals surface area contributed by atoms with Crippen LogP contribution in [-0.2, 0) is 9.53 Å². The number of nitrogens with one attached hydrogen (secondary N) is 2. The molecule has 1 saturated heterocycles. The van der Waals surface area contributed by atoms with E-state index in [-0.39, 0.29) is 5.70 Å². The van der Waals surface area contributed by atoms with Gasteiger partial charge in [-0.25, -0.2) is 9.59 Å². The number of furan rings is 1. The van der Waals surface area contributed by atoms with Gasteiger partial charge in [0.1, 0.15) is 17.2 Å². The van der Waals surface area contributed by atoms with Gasteiger partial charge in [0.15, 0.2) is 0 Å². The molecule has 2 N–H and O–H groups in total. The second-order valence-electron chi connectivity index (χ2n) is 4.74. The second-order valence-corrected chi connectivity index (χ2v) is 4.74. The molecule has 0 bridgehead atoms. The maximum Gasteiger partial charge on any atom is 0.337 e. The summed E-state index contributed by atoms with van der Waals surface area (Å²) in [5, 5.41) is 4.48. The largest absolute Gasteiger partial charge is 0.465 e. The highest BCUT2D eigenvalue weighted by molar-refractivity contribution is 6.13. The van der Waals surface area contributed by atoms with E-state index in [9.17, 15) is 14.4 Å². The van der Waals surface area contributed by atoms with Crippen molar-refractivity contribution in [1.82, 2.24) is 10.6 Å². The minimum Gasteiger partial charge on any atom is -0.465 e. The number of amides is 3. The fourth-order valence-corrected chi connectivity index (χ4v) is 2.10. The molecule has 7 heteroatoms. The molecule has 3 amide bonds. The second kappa shape index (κ2) is 5.80. The van der Waals surface area contributed by atoms with Crippen molar-refractivity contribution in [3.63, 3.8) is 0 Å². The number of carbonyl (C=O) groups is 3. The van der Waals surface area contributed by atoms with Crippen molar-refractivity contribution < 1.29 is 23.5 Å². The Labute approximate surface area is 130 Å². The molecule has 0 unspecified atom stereocenters. The van der Waals surface area contributed by atoms with Crippen molar-refractivity contribution in [2.24, 2.45) is 0 Å². The number of hydrogen-bond donors (Lipinski definition) is 2. The van der Waals surface area contributed by atoms with Crippen LogP contribution in [0.1, 0.15) is 16.1 Å². The van der Waals surface area contributed by atoms with Crippen LogP contribution in [0.25, 0.3) is 17.4 Å². The van der Waals surface area contributed by atoms with Crippen LogP contribution in [0, 0.1) is 0 Å². The molecule has 1 aromatic heterocycles. The number of ether oxygens (including phenoxy) is 1. The molecule has 7 nitrogen and oxygen atoms in total. The number of methoxy groups -OCH3 is 1. The van der Waals surface area contributed by atoms with Crippen LogP contribution >= 0.6 is 0 Å². The van der Waals surface area contributed by atoms with Gasteiger partial charge in [0.05, 0.1) is 12.7 Å². The number of urea groups is 1. The summed E-state index contributed by atoms with van der Waals surface area (Å²) in [6.07, 6.45) is 1.44. The van der Waals surface area contributed by atoms with E-state index in [2.05, 4.69) is 15.4 Å². The Morgan fingerprint density at radius 1 is 1.09 bits per heavy atom. The summed E-state index contributed by atoms with van der Waals surface area (Å²) >= 11 is 0. The molecular weight excluding hydrogens is 300 g/mol. The summed E-state index contributed by atoms with van der Waals surface area (Å²) in [5.41, 5.74) is 1.33. The summed E-state index contributed by atoms with van der Waals surface area (Å²) in [6.45, 7) is 0. The van der Waals surface area contributed by atoms with Crippen LogP contribution < -0.4 is 10.6 Å². The van der Waals surface area contributed by atoms with Crippen molar-refractivity contribution >= 4 is 24.0 Å². The predicted molar refractivity (Wildman–Crippen MR) is 80.1 cm³/mol. The maximum atomic E-state index is 11.4. The SMILES string of the molecule is COC(=O)c1ccc(-c2ccc(/C=C3/NC(=O)NC3=O)o2)cc1. The Morgan fingerprint density at radius 3 is 2.43 bits per heavy atom. The fraction of sp³-hybridized carbons (Fsp3) is 0.0625. The maximum absolute atomic E-state index is 11.4. The summed E-state index contributed by atoms with van der Waals surface area (Å²) in [4.78, 5) is 33.9. The van der Waals surface area contributed by atoms with Gasteiger partial charge in [-0.2, -0.15) is 0 Å². The van der Waals surface area contributed by atoms with Crippen LogP contribution in [0.5, 0.6) is 0 Å². The van der Waals surface area contributed by atoms with Gasteiger partial charge < -0.3 is 14.5 Å². The zero-order chi connectivity index (χ0) is 16.4. The Hall–Kier alpha value is -3.35. The quantitative estimate of drug-likeness (QED) is 0.512. The van der Waals surface area contributed by atoms with Crippen molar-refractivity contribution in [3.8, 4) is 11.3 Å². The van der Waals surface area contributed by atoms with E-state index < -0.39 is 17.9 Å². The average Bonchev–Trinajstić information content (AvgIpc) is 3.14. The monoisotopic (exact) mass is 312 g/mol. The first-order valence-electron chi connectivity index (χ1n) is 6.69. The van der Waals surface area contributed by atoms with Gasteiger partial charge >= 0.3 is 12.0 Å². The average molecular weight is 312 g/mol. The van der Waals surface area contributed by atoms with Crippen molar-refractivity contribution in [1.29, 1.82) is 0 Å². The van der Waals surface area contributed by atoms with Gasteiger partial charge in [0, 0.05) is 11.6 Å². The molecule has 0 radical (unpaired) electrons. The van der Waals surface area contributed by atoms with Gasteiger partial charge in [-0.3, -0.25) is 10.1 Å². The molecule has 1 aromatic carbocycles. The summed E-state index contributed by atoms with van der Waals surface area (Å²) in [5.74, 6) is 0.0715. The number of benzene rings is 1. The molecular formula is C16H12N2O5. The van der Waals surface area contributed by atoms with E-state index in [1.165, 1.54) is 13.2 Å². The molecule has 0 saturated carbocycles.